The summed E-state index contributed by atoms with van der Waals surface area (Å²) in [4.78, 5) is 15.8. The van der Waals surface area contributed by atoms with Crippen LogP contribution in [0.3, 0.4) is 0 Å². The topological polar surface area (TPSA) is 82.0 Å². The summed E-state index contributed by atoms with van der Waals surface area (Å²) in [6, 6.07) is 8.02. The van der Waals surface area contributed by atoms with Crippen molar-refractivity contribution in [3.63, 3.8) is 0 Å². The summed E-state index contributed by atoms with van der Waals surface area (Å²) in [5.41, 5.74) is 0.376. The minimum Gasteiger partial charge on any atom is -0.457 e. The molecule has 3 heterocycles. The van der Waals surface area contributed by atoms with Crippen LogP contribution in [0.5, 0.6) is 0 Å². The number of amides is 1. The number of carbonyl (C=O) groups excluding carboxylic acids is 1. The number of furan rings is 1. The highest BCUT2D eigenvalue weighted by Gasteiger charge is 2.46. The van der Waals surface area contributed by atoms with Gasteiger partial charge in [-0.1, -0.05) is 23.2 Å². The Labute approximate surface area is 175 Å². The molecule has 1 N–H and O–H groups in total. The van der Waals surface area contributed by atoms with Crippen molar-refractivity contribution in [2.75, 3.05) is 0 Å². The molecule has 0 spiro atoms. The molecular weight excluding hydrogens is 452 g/mol. The molecule has 6 nitrogen and oxygen atoms in total. The number of carbonyl (C=O) groups is 1. The molecule has 0 unspecified atom stereocenters. The number of nitrogens with one attached hydrogen (secondary N) is 1. The monoisotopic (exact) mass is 458 g/mol. The molecule has 2 aliphatic rings. The van der Waals surface area contributed by atoms with Gasteiger partial charge in [0.15, 0.2) is 5.84 Å². The van der Waals surface area contributed by atoms with E-state index in [4.69, 9.17) is 33.0 Å². The van der Waals surface area contributed by atoms with Gasteiger partial charge in [0.25, 0.3) is 5.91 Å². The van der Waals surface area contributed by atoms with Crippen LogP contribution in [0, 0.1) is 5.41 Å². The first-order valence-electron chi connectivity index (χ1n) is 7.76. The smallest absolute Gasteiger partial charge is 0.441 e. The largest absolute Gasteiger partial charge is 0.457 e. The maximum atomic E-state index is 12.9. The van der Waals surface area contributed by atoms with E-state index >= 15 is 0 Å². The second-order valence-corrected chi connectivity index (χ2v) is 7.52. The number of thioether (sulfide) groups is 1. The van der Waals surface area contributed by atoms with E-state index in [2.05, 4.69) is 10.1 Å². The second kappa shape index (κ2) is 7.05. The van der Waals surface area contributed by atoms with Gasteiger partial charge in [0.1, 0.15) is 11.5 Å². The second-order valence-electron chi connectivity index (χ2n) is 5.75. The maximum absolute atomic E-state index is 12.9. The first kappa shape index (κ1) is 19.7. The molecule has 0 radical (unpaired) electrons. The number of benzene rings is 1. The van der Waals surface area contributed by atoms with Gasteiger partial charge in [-0.15, -0.1) is 0 Å². The molecule has 1 aromatic heterocycles. The fourth-order valence-electron chi connectivity index (χ4n) is 2.48. The number of alkyl halides is 3. The minimum atomic E-state index is -4.70. The SMILES string of the molecule is N=C1C(=Cc2ccc(-c3ccc(Cl)c(Cl)c3)o2)C(=O)N=C2SC(C(F)(F)F)=NN12. The van der Waals surface area contributed by atoms with Gasteiger partial charge >= 0.3 is 6.18 Å². The van der Waals surface area contributed by atoms with Crippen molar-refractivity contribution in [3.8, 4) is 11.3 Å². The van der Waals surface area contributed by atoms with Crippen LogP contribution in [0.2, 0.25) is 10.0 Å². The summed E-state index contributed by atoms with van der Waals surface area (Å²) < 4.78 is 44.2. The molecule has 0 saturated carbocycles. The highest BCUT2D eigenvalue weighted by Crippen LogP contribution is 2.36. The average Bonchev–Trinajstić information content (AvgIpc) is 3.28. The van der Waals surface area contributed by atoms with E-state index in [-0.39, 0.29) is 28.3 Å². The Kier molecular flexibility index (Phi) is 4.80. The van der Waals surface area contributed by atoms with Crippen LogP contribution < -0.4 is 0 Å². The van der Waals surface area contributed by atoms with Crippen LogP contribution in [0.25, 0.3) is 17.4 Å². The molecule has 1 amide bonds. The molecule has 4 rings (SSSR count). The standard InChI is InChI=1S/C17H7Cl2F3N4O2S/c18-10-3-1-7(5-11(10)19)12-4-2-8(28-12)6-9-13(23)26-16(24-14(9)27)29-15(25-26)17(20,21)22/h1-6,23H. The summed E-state index contributed by atoms with van der Waals surface area (Å²) in [5.74, 6) is -0.771. The van der Waals surface area contributed by atoms with Crippen LogP contribution in [-0.2, 0) is 4.79 Å². The number of hydrogen-bond acceptors (Lipinski definition) is 5. The van der Waals surface area contributed by atoms with E-state index < -0.39 is 23.0 Å². The van der Waals surface area contributed by atoms with Crippen molar-refractivity contribution in [1.29, 1.82) is 5.41 Å². The fraction of sp³-hybridized carbons (Fsp3) is 0.0588. The lowest BCUT2D eigenvalue weighted by molar-refractivity contribution is -0.114. The summed E-state index contributed by atoms with van der Waals surface area (Å²) in [7, 11) is 0. The van der Waals surface area contributed by atoms with E-state index in [1.54, 1.807) is 24.3 Å². The molecule has 1 aromatic carbocycles. The van der Waals surface area contributed by atoms with Crippen molar-refractivity contribution in [3.05, 3.63) is 51.7 Å². The van der Waals surface area contributed by atoms with Crippen molar-refractivity contribution in [2.45, 2.75) is 6.18 Å². The van der Waals surface area contributed by atoms with E-state index in [1.807, 2.05) is 0 Å². The Morgan fingerprint density at radius 1 is 1.17 bits per heavy atom. The van der Waals surface area contributed by atoms with Gasteiger partial charge in [-0.3, -0.25) is 10.2 Å². The lowest BCUT2D eigenvalue weighted by Gasteiger charge is -2.19. The zero-order valence-electron chi connectivity index (χ0n) is 13.9. The summed E-state index contributed by atoms with van der Waals surface area (Å²) in [5, 5.41) is 11.3. The van der Waals surface area contributed by atoms with E-state index in [0.717, 1.165) is 0 Å². The van der Waals surface area contributed by atoms with Crippen LogP contribution in [0.1, 0.15) is 5.76 Å². The zero-order valence-corrected chi connectivity index (χ0v) is 16.2. The van der Waals surface area contributed by atoms with Crippen LogP contribution in [0.4, 0.5) is 13.2 Å². The Morgan fingerprint density at radius 3 is 2.62 bits per heavy atom. The van der Waals surface area contributed by atoms with Gasteiger partial charge in [0, 0.05) is 5.56 Å². The summed E-state index contributed by atoms with van der Waals surface area (Å²) >= 11 is 12.1. The number of aliphatic imine (C=N–C) groups is 1. The number of hydrazone groups is 1. The maximum Gasteiger partial charge on any atom is 0.441 e. The first-order chi connectivity index (χ1) is 13.6. The Balaban J connectivity index is 1.65. The predicted octanol–water partition coefficient (Wildman–Crippen LogP) is 5.43. The molecule has 0 atom stereocenters. The third-order valence-corrected chi connectivity index (χ3v) is 5.51. The predicted molar refractivity (Wildman–Crippen MR) is 105 cm³/mol. The number of nitrogens with zero attached hydrogens (tertiary/aromatic N) is 3. The molecule has 0 bridgehead atoms. The quantitative estimate of drug-likeness (QED) is 0.607. The highest BCUT2D eigenvalue weighted by atomic mass is 35.5. The Hall–Kier alpha value is -2.56. The Bertz CT molecular complexity index is 1150. The molecule has 29 heavy (non-hydrogen) atoms. The third-order valence-electron chi connectivity index (χ3n) is 3.81. The zero-order chi connectivity index (χ0) is 20.9. The lowest BCUT2D eigenvalue weighted by atomic mass is 10.1. The first-order valence-corrected chi connectivity index (χ1v) is 9.33. The Morgan fingerprint density at radius 2 is 1.93 bits per heavy atom. The van der Waals surface area contributed by atoms with E-state index in [0.29, 0.717) is 26.4 Å². The van der Waals surface area contributed by atoms with Crippen molar-refractivity contribution in [2.24, 2.45) is 10.1 Å². The third kappa shape index (κ3) is 3.70. The fourth-order valence-corrected chi connectivity index (χ4v) is 3.54. The van der Waals surface area contributed by atoms with Gasteiger partial charge in [-0.2, -0.15) is 28.3 Å². The van der Waals surface area contributed by atoms with Crippen molar-refractivity contribution < 1.29 is 22.4 Å². The van der Waals surface area contributed by atoms with Gasteiger partial charge in [-0.25, -0.2) is 0 Å². The van der Waals surface area contributed by atoms with E-state index in [1.165, 1.54) is 12.1 Å². The van der Waals surface area contributed by atoms with Crippen molar-refractivity contribution in [1.82, 2.24) is 5.01 Å². The highest BCUT2D eigenvalue weighted by molar-refractivity contribution is 8.27. The van der Waals surface area contributed by atoms with E-state index in [9.17, 15) is 18.0 Å². The summed E-state index contributed by atoms with van der Waals surface area (Å²) in [6.45, 7) is 0. The number of fused-ring (bicyclic) bond motifs is 1. The number of halogens is 5. The number of hydrogen-bond donors (Lipinski definition) is 1. The molecule has 0 aliphatic carbocycles. The van der Waals surface area contributed by atoms with Crippen LogP contribution in [0.15, 0.2) is 50.4 Å². The molecule has 12 heteroatoms. The normalized spacial score (nSPS) is 18.2. The lowest BCUT2D eigenvalue weighted by Crippen LogP contribution is -2.35. The van der Waals surface area contributed by atoms with Crippen LogP contribution in [-0.4, -0.2) is 33.1 Å². The van der Waals surface area contributed by atoms with Gasteiger partial charge in [0.2, 0.25) is 10.2 Å². The van der Waals surface area contributed by atoms with Gasteiger partial charge in [-0.05, 0) is 48.2 Å². The molecule has 0 saturated heterocycles. The minimum absolute atomic E-state index is 0.187. The van der Waals surface area contributed by atoms with Gasteiger partial charge < -0.3 is 4.42 Å². The average molecular weight is 459 g/mol. The molecule has 148 valence electrons. The summed E-state index contributed by atoms with van der Waals surface area (Å²) in [6.07, 6.45) is -3.48. The molecular formula is C17H7Cl2F3N4O2S. The number of rotatable bonds is 2. The van der Waals surface area contributed by atoms with Crippen molar-refractivity contribution >= 4 is 63.0 Å². The molecule has 0 fully saturated rings. The van der Waals surface area contributed by atoms with Crippen LogP contribution >= 0.6 is 35.0 Å². The molecule has 2 aliphatic heterocycles. The number of amidine groups is 2. The molecule has 2 aromatic rings. The van der Waals surface area contributed by atoms with Gasteiger partial charge in [0.05, 0.1) is 15.6 Å².